The summed E-state index contributed by atoms with van der Waals surface area (Å²) in [6, 6.07) is 6.64. The molecule has 0 aliphatic heterocycles. The SMILES string of the molecule is CCC1(CNCc2cc(-c3cccs3)cs2)CC1. The molecule has 1 saturated carbocycles. The first-order chi connectivity index (χ1) is 8.81. The van der Waals surface area contributed by atoms with Crippen molar-refractivity contribution < 1.29 is 0 Å². The monoisotopic (exact) mass is 277 g/mol. The predicted molar refractivity (Wildman–Crippen MR) is 81.3 cm³/mol. The van der Waals surface area contributed by atoms with Gasteiger partial charge in [0.1, 0.15) is 0 Å². The van der Waals surface area contributed by atoms with E-state index in [1.165, 1.54) is 41.1 Å². The van der Waals surface area contributed by atoms with Gasteiger partial charge in [0.15, 0.2) is 0 Å². The van der Waals surface area contributed by atoms with Crippen LogP contribution in [0.4, 0.5) is 0 Å². The van der Waals surface area contributed by atoms with E-state index < -0.39 is 0 Å². The van der Waals surface area contributed by atoms with Gasteiger partial charge in [0.2, 0.25) is 0 Å². The van der Waals surface area contributed by atoms with E-state index in [1.54, 1.807) is 0 Å². The van der Waals surface area contributed by atoms with Gasteiger partial charge in [0, 0.05) is 28.4 Å². The summed E-state index contributed by atoms with van der Waals surface area (Å²) in [5.74, 6) is 0. The Balaban J connectivity index is 1.54. The fourth-order valence-corrected chi connectivity index (χ4v) is 3.97. The Morgan fingerprint density at radius 1 is 1.33 bits per heavy atom. The Bertz CT molecular complexity index is 494. The van der Waals surface area contributed by atoms with Gasteiger partial charge < -0.3 is 5.32 Å². The second kappa shape index (κ2) is 5.16. The van der Waals surface area contributed by atoms with E-state index in [4.69, 9.17) is 0 Å². The molecule has 18 heavy (non-hydrogen) atoms. The molecule has 2 aromatic rings. The highest BCUT2D eigenvalue weighted by atomic mass is 32.1. The fourth-order valence-electron chi connectivity index (χ4n) is 2.33. The first-order valence-electron chi connectivity index (χ1n) is 6.63. The van der Waals surface area contributed by atoms with Crippen LogP contribution < -0.4 is 5.32 Å². The molecule has 1 aliphatic rings. The van der Waals surface area contributed by atoms with Crippen molar-refractivity contribution in [2.24, 2.45) is 5.41 Å². The summed E-state index contributed by atoms with van der Waals surface area (Å²) >= 11 is 3.69. The molecule has 1 N–H and O–H groups in total. The topological polar surface area (TPSA) is 12.0 Å². The summed E-state index contributed by atoms with van der Waals surface area (Å²) < 4.78 is 0. The van der Waals surface area contributed by atoms with E-state index in [9.17, 15) is 0 Å². The van der Waals surface area contributed by atoms with Gasteiger partial charge in [-0.15, -0.1) is 22.7 Å². The minimum Gasteiger partial charge on any atom is -0.311 e. The maximum atomic E-state index is 3.63. The lowest BCUT2D eigenvalue weighted by Gasteiger charge is -2.12. The highest BCUT2D eigenvalue weighted by molar-refractivity contribution is 7.14. The van der Waals surface area contributed by atoms with E-state index >= 15 is 0 Å². The van der Waals surface area contributed by atoms with E-state index in [0.717, 1.165) is 6.54 Å². The van der Waals surface area contributed by atoms with E-state index in [0.29, 0.717) is 5.41 Å². The predicted octanol–water partition coefficient (Wildman–Crippen LogP) is 4.76. The molecule has 3 rings (SSSR count). The van der Waals surface area contributed by atoms with Gasteiger partial charge >= 0.3 is 0 Å². The van der Waals surface area contributed by atoms with Crippen LogP contribution in [-0.4, -0.2) is 6.54 Å². The average molecular weight is 277 g/mol. The molecule has 1 aliphatic carbocycles. The Labute approximate surface area is 117 Å². The molecule has 1 fully saturated rings. The number of thiophene rings is 2. The van der Waals surface area contributed by atoms with Crippen molar-refractivity contribution >= 4 is 22.7 Å². The highest BCUT2D eigenvalue weighted by Gasteiger charge is 2.39. The number of hydrogen-bond donors (Lipinski definition) is 1. The van der Waals surface area contributed by atoms with Crippen LogP contribution in [0.1, 0.15) is 31.1 Å². The van der Waals surface area contributed by atoms with Crippen molar-refractivity contribution in [1.82, 2.24) is 5.32 Å². The molecule has 2 heterocycles. The van der Waals surface area contributed by atoms with Crippen molar-refractivity contribution in [3.63, 3.8) is 0 Å². The molecular formula is C15H19NS2. The van der Waals surface area contributed by atoms with Gasteiger partial charge in [-0.3, -0.25) is 0 Å². The zero-order valence-electron chi connectivity index (χ0n) is 10.7. The van der Waals surface area contributed by atoms with Crippen molar-refractivity contribution in [1.29, 1.82) is 0 Å². The van der Waals surface area contributed by atoms with E-state index in [1.807, 2.05) is 22.7 Å². The first-order valence-corrected chi connectivity index (χ1v) is 8.39. The summed E-state index contributed by atoms with van der Waals surface area (Å²) in [6.07, 6.45) is 4.16. The number of nitrogens with one attached hydrogen (secondary N) is 1. The Morgan fingerprint density at radius 3 is 2.89 bits per heavy atom. The van der Waals surface area contributed by atoms with Crippen LogP contribution in [0.3, 0.4) is 0 Å². The van der Waals surface area contributed by atoms with Crippen molar-refractivity contribution in [2.45, 2.75) is 32.7 Å². The fraction of sp³-hybridized carbons (Fsp3) is 0.467. The average Bonchev–Trinajstić information content (AvgIpc) is 2.84. The van der Waals surface area contributed by atoms with Crippen LogP contribution in [0, 0.1) is 5.41 Å². The van der Waals surface area contributed by atoms with Gasteiger partial charge in [-0.2, -0.15) is 0 Å². The first kappa shape index (κ1) is 12.4. The van der Waals surface area contributed by atoms with Gasteiger partial charge in [0.25, 0.3) is 0 Å². The van der Waals surface area contributed by atoms with Crippen LogP contribution in [0.2, 0.25) is 0 Å². The summed E-state index contributed by atoms with van der Waals surface area (Å²) in [7, 11) is 0. The van der Waals surface area contributed by atoms with Gasteiger partial charge in [0.05, 0.1) is 0 Å². The number of rotatable bonds is 6. The molecule has 2 aromatic heterocycles. The zero-order chi connectivity index (χ0) is 12.4. The molecule has 3 heteroatoms. The summed E-state index contributed by atoms with van der Waals surface area (Å²) in [5.41, 5.74) is 2.02. The molecule has 0 spiro atoms. The maximum Gasteiger partial charge on any atom is 0.0351 e. The van der Waals surface area contributed by atoms with Gasteiger partial charge in [-0.05, 0) is 47.6 Å². The van der Waals surface area contributed by atoms with Gasteiger partial charge in [-0.1, -0.05) is 13.0 Å². The maximum absolute atomic E-state index is 3.63. The van der Waals surface area contributed by atoms with Crippen molar-refractivity contribution in [2.75, 3.05) is 6.54 Å². The van der Waals surface area contributed by atoms with Crippen molar-refractivity contribution in [3.8, 4) is 10.4 Å². The Morgan fingerprint density at radius 2 is 2.22 bits per heavy atom. The van der Waals surface area contributed by atoms with Crippen LogP contribution >= 0.6 is 22.7 Å². The standard InChI is InChI=1S/C15H19NS2/c1-2-15(5-6-15)11-16-9-13-8-12(10-18-13)14-4-3-7-17-14/h3-4,7-8,10,16H,2,5-6,9,11H2,1H3. The smallest absolute Gasteiger partial charge is 0.0351 e. The lowest BCUT2D eigenvalue weighted by atomic mass is 10.0. The third-order valence-electron chi connectivity index (χ3n) is 3.97. The molecule has 0 bridgehead atoms. The van der Waals surface area contributed by atoms with E-state index in [2.05, 4.69) is 41.2 Å². The second-order valence-electron chi connectivity index (χ2n) is 5.24. The molecule has 1 nitrogen and oxygen atoms in total. The third kappa shape index (κ3) is 2.68. The lowest BCUT2D eigenvalue weighted by Crippen LogP contribution is -2.22. The summed E-state index contributed by atoms with van der Waals surface area (Å²) in [6.45, 7) is 4.53. The lowest BCUT2D eigenvalue weighted by molar-refractivity contribution is 0.444. The Kier molecular flexibility index (Phi) is 3.55. The zero-order valence-corrected chi connectivity index (χ0v) is 12.4. The van der Waals surface area contributed by atoms with Crippen LogP contribution in [0.15, 0.2) is 29.0 Å². The summed E-state index contributed by atoms with van der Waals surface area (Å²) in [4.78, 5) is 2.83. The molecule has 0 aromatic carbocycles. The third-order valence-corrected chi connectivity index (χ3v) is 5.82. The molecule has 0 radical (unpaired) electrons. The van der Waals surface area contributed by atoms with Crippen LogP contribution in [-0.2, 0) is 6.54 Å². The molecular weight excluding hydrogens is 258 g/mol. The largest absolute Gasteiger partial charge is 0.311 e. The quantitative estimate of drug-likeness (QED) is 0.803. The minimum absolute atomic E-state index is 0.647. The van der Waals surface area contributed by atoms with Crippen LogP contribution in [0.5, 0.6) is 0 Å². The normalized spacial score (nSPS) is 16.9. The van der Waals surface area contributed by atoms with E-state index in [-0.39, 0.29) is 0 Å². The molecule has 0 saturated heterocycles. The number of hydrogen-bond acceptors (Lipinski definition) is 3. The molecule has 0 amide bonds. The highest BCUT2D eigenvalue weighted by Crippen LogP contribution is 2.47. The molecule has 96 valence electrons. The Hall–Kier alpha value is -0.640. The second-order valence-corrected chi connectivity index (χ2v) is 7.18. The summed E-state index contributed by atoms with van der Waals surface area (Å²) in [5, 5.41) is 8.04. The van der Waals surface area contributed by atoms with Gasteiger partial charge in [-0.25, -0.2) is 0 Å². The molecule has 0 unspecified atom stereocenters. The molecule has 0 atom stereocenters. The minimum atomic E-state index is 0.647. The van der Waals surface area contributed by atoms with Crippen LogP contribution in [0.25, 0.3) is 10.4 Å². The van der Waals surface area contributed by atoms with Crippen molar-refractivity contribution in [3.05, 3.63) is 33.8 Å².